The van der Waals surface area contributed by atoms with Gasteiger partial charge in [0.1, 0.15) is 71.8 Å². The van der Waals surface area contributed by atoms with E-state index in [9.17, 15) is 68.4 Å². The molecule has 6 aliphatic heterocycles. The fraction of sp³-hybridized carbons (Fsp3) is 0.709. The zero-order chi connectivity index (χ0) is 103. The standard InChI is InChI=1S/C51H78FNO12.C51H78FNO11.C8H10O2/c1-30-16-12-11-13-17-31(2)42(61-8)28-38-21-19-36(7)51(52,65-38)48(58)49(59)53-23-15-14-18-39(53)50(60)64-43(33(4)26-37-20-22-40(54)44(27-37)62-9)29-41(55)32(3)25-35(6)46(57)47(63-10)45(56)34(5)24-30;1-30-16-12-11-13-17-31(2)32(3)27-39-21-19-37(8)51(52,64-39)48(58)49(59)53-23-15-14-18-40(53)50(60)63-43(34(5)26-38-20-22-41(54)44(28-38)61-9)29-42(55)33(4)25-36(7)46(57)47(62-10)45(56)35(6)24-30;1-9-7-4-3-5-8(6-7)10-2/h11-13,16-17,25,30,32-34,36-40,42-44,46-47,54,57H,14-15,18-24,26-29H2,1-10H3;11-13,16-17,25,30,32-35,37-41,43-44,46-47,54,57H,14-15,18-24,26-29H2,1-10H3;3-6H,1-2H3/b13-11+,16-12+,31-17+,35-25+;13-11+,16-12+,31-17+,36-25+;/t30-,32-,33-,34-,36-,37+,38+,39+,40?,42?,43?,44?,46?,47?,51?;30-,32+,33-,34-,35-,37-,38+,39+,40+,41?,43?,44?,46?,47?,51?;/m11./s1. The highest BCUT2D eigenvalue weighted by Crippen LogP contribution is 2.44. The van der Waals surface area contributed by atoms with Crippen molar-refractivity contribution in [3.8, 4) is 11.5 Å². The summed E-state index contributed by atoms with van der Waals surface area (Å²) >= 11 is 0. The van der Waals surface area contributed by atoms with Crippen molar-refractivity contribution in [3.05, 3.63) is 119 Å². The van der Waals surface area contributed by atoms with E-state index in [4.69, 9.17) is 52.1 Å². The van der Waals surface area contributed by atoms with E-state index in [2.05, 4.69) is 0 Å². The smallest absolute Gasteiger partial charge is 0.329 e. The second-order valence-electron chi connectivity index (χ2n) is 41.1. The van der Waals surface area contributed by atoms with E-state index in [-0.39, 0.29) is 128 Å². The summed E-state index contributed by atoms with van der Waals surface area (Å²) in [7, 11) is 10.7. The van der Waals surface area contributed by atoms with Crippen molar-refractivity contribution in [1.82, 2.24) is 9.80 Å². The first kappa shape index (κ1) is 118. The summed E-state index contributed by atoms with van der Waals surface area (Å²) in [5, 5.41) is 43.8. The second-order valence-corrected chi connectivity index (χ2v) is 41.1. The molecule has 1 aromatic rings. The van der Waals surface area contributed by atoms with Gasteiger partial charge in [0.25, 0.3) is 35.1 Å². The molecule has 30 atom stereocenters. The van der Waals surface area contributed by atoms with Gasteiger partial charge >= 0.3 is 11.9 Å². The Morgan fingerprint density at radius 2 is 0.835 bits per heavy atom. The minimum absolute atomic E-state index is 0.00748. The Balaban J connectivity index is 0.000000343. The number of nitrogens with zero attached hydrogens (tertiary/aromatic N) is 2. The van der Waals surface area contributed by atoms with E-state index < -0.39 is 162 Å². The molecule has 29 heteroatoms. The van der Waals surface area contributed by atoms with Gasteiger partial charge in [-0.1, -0.05) is 161 Å². The average Bonchev–Trinajstić information content (AvgIpc) is 0.790. The Kier molecular flexibility index (Phi) is 48.3. The number of hydrogen-bond acceptors (Lipinski definition) is 25. The zero-order valence-electron chi connectivity index (χ0n) is 86.8. The number of ether oxygens (including phenoxy) is 11. The van der Waals surface area contributed by atoms with Crippen LogP contribution in [0.5, 0.6) is 11.5 Å². The lowest BCUT2D eigenvalue weighted by molar-refractivity contribution is -0.231. The Labute approximate surface area is 825 Å². The molecule has 6 heterocycles. The molecule has 27 nitrogen and oxygen atoms in total. The first-order chi connectivity index (χ1) is 65.8. The minimum Gasteiger partial charge on any atom is -0.497 e. The van der Waals surface area contributed by atoms with Crippen molar-refractivity contribution < 1.29 is 129 Å². The van der Waals surface area contributed by atoms with Gasteiger partial charge in [0.15, 0.2) is 11.6 Å². The number of amides is 2. The van der Waals surface area contributed by atoms with E-state index in [0.717, 1.165) is 38.9 Å². The summed E-state index contributed by atoms with van der Waals surface area (Å²) in [6.07, 6.45) is 22.0. The number of hydrogen-bond donors (Lipinski definition) is 4. The molecule has 1 aromatic carbocycles. The third-order valence-corrected chi connectivity index (χ3v) is 30.2. The number of rotatable bonds is 13. The number of allylic oxidation sites excluding steroid dienone is 13. The van der Waals surface area contributed by atoms with Crippen LogP contribution in [0.25, 0.3) is 0 Å². The van der Waals surface area contributed by atoms with Gasteiger partial charge in [0.2, 0.25) is 0 Å². The van der Waals surface area contributed by atoms with Crippen LogP contribution in [0, 0.1) is 76.9 Å². The second kappa shape index (κ2) is 56.9. The van der Waals surface area contributed by atoms with Crippen LogP contribution in [0.3, 0.4) is 0 Å². The average molecular weight is 1950 g/mol. The molecule has 0 spiro atoms. The van der Waals surface area contributed by atoms with Crippen molar-refractivity contribution in [3.63, 3.8) is 0 Å². The topological polar surface area (TPSA) is 360 Å². The van der Waals surface area contributed by atoms with E-state index in [0.29, 0.717) is 120 Å². The molecule has 2 aliphatic carbocycles. The predicted octanol–water partition coefficient (Wildman–Crippen LogP) is 16.6. The summed E-state index contributed by atoms with van der Waals surface area (Å²) in [4.78, 5) is 143. The van der Waals surface area contributed by atoms with Crippen LogP contribution in [0.4, 0.5) is 8.78 Å². The first-order valence-electron chi connectivity index (χ1n) is 50.8. The van der Waals surface area contributed by atoms with Gasteiger partial charge in [-0.3, -0.25) is 38.4 Å². The van der Waals surface area contributed by atoms with E-state index in [1.807, 2.05) is 140 Å². The molecular formula is C110H166F2N2O25. The zero-order valence-corrected chi connectivity index (χ0v) is 86.8. The summed E-state index contributed by atoms with van der Waals surface area (Å²) < 4.78 is 96.3. The van der Waals surface area contributed by atoms with Crippen molar-refractivity contribution in [1.29, 1.82) is 0 Å². The number of piperidine rings is 2. The highest BCUT2D eigenvalue weighted by Gasteiger charge is 2.57. The van der Waals surface area contributed by atoms with Crippen LogP contribution in [0.1, 0.15) is 258 Å². The molecule has 13 unspecified atom stereocenters. The van der Waals surface area contributed by atoms with Gasteiger partial charge in [-0.2, -0.15) is 0 Å². The molecule has 0 aromatic heterocycles. The van der Waals surface area contributed by atoms with Gasteiger partial charge in [0, 0.05) is 109 Å². The Hall–Kier alpha value is -7.94. The SMILES string of the molecule is COC1C[C@@H]2CC[C@@H](C)C(F)(O2)C(=O)C(=O)N2CCCC[C@H]2C(=O)OC([C@H](C)C[C@@H]2CCC(O)C(OC)C2)CC(=O)[C@H](C)/C=C(\C)C(O)C(OC)C(=O)[C@H](C)C[C@H](C)/C=C/C=C/C=C/1C.COC1C[C@H](C[C@@H](C)C2CC(=O)[C@H](C)/C=C(\C)C(O)C(OC)C(=O)[C@H](C)C[C@H](C)/C=C/C=C/C=C(\C)[C@@H](C)C[C@@H]3CC[C@@H](C)C(F)(O3)C(=O)C(=O)N3CCCC[C@H]3C(=O)O2)CCC1O.COc1cccc(OC)c1. The van der Waals surface area contributed by atoms with Gasteiger partial charge in [0.05, 0.1) is 56.9 Å². The summed E-state index contributed by atoms with van der Waals surface area (Å²) in [5.74, 6) is -16.4. The number of ketones is 6. The number of benzene rings is 1. The number of carbonyl (C=O) groups excluding carboxylic acids is 10. The maximum Gasteiger partial charge on any atom is 0.329 e. The Morgan fingerprint density at radius 1 is 0.439 bits per heavy atom. The van der Waals surface area contributed by atoms with Crippen molar-refractivity contribution in [2.45, 2.75) is 361 Å². The predicted molar refractivity (Wildman–Crippen MR) is 526 cm³/mol. The fourth-order valence-electron chi connectivity index (χ4n) is 20.8. The van der Waals surface area contributed by atoms with Crippen LogP contribution in [-0.2, 0) is 90.6 Å². The minimum atomic E-state index is -2.93. The number of Topliss-reactive ketones (excluding diaryl/α,β-unsaturated/α-hetero) is 6. The maximum absolute atomic E-state index is 17.1. The Bertz CT molecular complexity index is 4420. The van der Waals surface area contributed by atoms with Crippen LogP contribution in [0.2, 0.25) is 0 Å². The third kappa shape index (κ3) is 33.6. The molecule has 8 aliphatic rings. The first-order valence-corrected chi connectivity index (χ1v) is 50.8. The number of halogens is 2. The summed E-state index contributed by atoms with van der Waals surface area (Å²) in [6, 6.07) is 5.11. The molecule has 780 valence electrons. The highest BCUT2D eigenvalue weighted by molar-refractivity contribution is 6.39. The summed E-state index contributed by atoms with van der Waals surface area (Å²) in [6.45, 7) is 27.1. The summed E-state index contributed by atoms with van der Waals surface area (Å²) in [5.41, 5.74) is 2.63. The quantitative estimate of drug-likeness (QED) is 0.0809. The molecule has 0 radical (unpaired) electrons. The van der Waals surface area contributed by atoms with Gasteiger partial charge in [-0.15, -0.1) is 0 Å². The van der Waals surface area contributed by atoms with E-state index >= 15 is 8.78 Å². The normalized spacial score (nSPS) is 38.4. The van der Waals surface area contributed by atoms with Gasteiger partial charge in [-0.05, 0) is 233 Å². The molecule has 4 N–H and O–H groups in total. The number of aliphatic hydroxyl groups is 4. The maximum atomic E-state index is 17.1. The van der Waals surface area contributed by atoms with Crippen LogP contribution in [0.15, 0.2) is 119 Å². The molecule has 139 heavy (non-hydrogen) atoms. The molecule has 2 amide bonds. The third-order valence-electron chi connectivity index (χ3n) is 30.2. The number of methoxy groups -OCH3 is 7. The van der Waals surface area contributed by atoms with E-state index in [1.165, 1.54) is 14.2 Å². The van der Waals surface area contributed by atoms with Crippen LogP contribution < -0.4 is 9.47 Å². The fourth-order valence-corrected chi connectivity index (χ4v) is 20.8. The largest absolute Gasteiger partial charge is 0.497 e. The lowest BCUT2D eigenvalue weighted by atomic mass is 9.78. The van der Waals surface area contributed by atoms with E-state index in [1.54, 1.807) is 96.2 Å². The molecule has 9 rings (SSSR count). The van der Waals surface area contributed by atoms with Crippen molar-refractivity contribution in [2.75, 3.05) is 62.9 Å². The van der Waals surface area contributed by atoms with Crippen LogP contribution in [-0.4, -0.2) is 255 Å². The number of aliphatic hydroxyl groups excluding tert-OH is 4. The number of esters is 2. The lowest BCUT2D eigenvalue weighted by Gasteiger charge is -2.41. The number of cyclic esters (lactones) is 2. The molecule has 2 saturated carbocycles. The Morgan fingerprint density at radius 3 is 1.22 bits per heavy atom. The molecule has 6 fully saturated rings. The number of carbonyl (C=O) groups is 10. The van der Waals surface area contributed by atoms with Gasteiger partial charge in [-0.25, -0.2) is 18.4 Å². The lowest BCUT2D eigenvalue weighted by Crippen LogP contribution is -2.59. The highest BCUT2D eigenvalue weighted by atomic mass is 19.2. The van der Waals surface area contributed by atoms with Crippen molar-refractivity contribution in [2.24, 2.45) is 76.9 Å². The van der Waals surface area contributed by atoms with Crippen LogP contribution >= 0.6 is 0 Å². The molecule has 4 bridgehead atoms. The monoisotopic (exact) mass is 1950 g/mol. The number of alkyl halides is 2. The number of fused-ring (bicyclic) bond motifs is 6. The van der Waals surface area contributed by atoms with Crippen molar-refractivity contribution >= 4 is 58.5 Å². The molecule has 4 saturated heterocycles. The molecular weight excluding hydrogens is 1790 g/mol. The van der Waals surface area contributed by atoms with Gasteiger partial charge < -0.3 is 82.3 Å².